The Hall–Kier alpha value is -5.15. The molecule has 3 aromatic rings. The molecular weight excluding hydrogens is 696 g/mol. The third-order valence-corrected chi connectivity index (χ3v) is 9.99. The van der Waals surface area contributed by atoms with E-state index in [9.17, 15) is 19.2 Å². The number of benzene rings is 2. The monoisotopic (exact) mass is 738 g/mol. The summed E-state index contributed by atoms with van der Waals surface area (Å²) in [5, 5.41) is 5.23. The van der Waals surface area contributed by atoms with Crippen molar-refractivity contribution < 1.29 is 32.4 Å². The molecule has 5 rings (SSSR count). The van der Waals surface area contributed by atoms with Crippen LogP contribution in [0.2, 0.25) is 5.02 Å². The van der Waals surface area contributed by atoms with Crippen molar-refractivity contribution in [1.82, 2.24) is 24.7 Å². The van der Waals surface area contributed by atoms with Crippen molar-refractivity contribution in [3.05, 3.63) is 75.8 Å². The Kier molecular flexibility index (Phi) is 11.4. The summed E-state index contributed by atoms with van der Waals surface area (Å²) >= 11 is 6.52. The van der Waals surface area contributed by atoms with Gasteiger partial charge in [0.25, 0.3) is 17.7 Å². The largest absolute Gasteiger partial charge is 0.402 e. The van der Waals surface area contributed by atoms with Crippen LogP contribution in [-0.4, -0.2) is 120 Å². The van der Waals surface area contributed by atoms with Crippen LogP contribution in [0, 0.1) is 11.6 Å². The second-order valence-electron chi connectivity index (χ2n) is 13.5. The second kappa shape index (κ2) is 15.6. The number of allylic oxidation sites excluding steroid dienone is 2. The summed E-state index contributed by atoms with van der Waals surface area (Å²) in [5.41, 5.74) is 6.57. The molecule has 0 unspecified atom stereocenters. The lowest BCUT2D eigenvalue weighted by atomic mass is 10.0. The molecule has 0 bridgehead atoms. The fourth-order valence-electron chi connectivity index (χ4n) is 6.59. The van der Waals surface area contributed by atoms with Crippen LogP contribution in [0.25, 0.3) is 16.8 Å². The highest BCUT2D eigenvalue weighted by Gasteiger charge is 2.42. The van der Waals surface area contributed by atoms with Crippen LogP contribution < -0.4 is 16.4 Å². The van der Waals surface area contributed by atoms with Gasteiger partial charge in [-0.15, -0.1) is 0 Å². The molecule has 1 aromatic heterocycles. The van der Waals surface area contributed by atoms with E-state index in [4.69, 9.17) is 17.3 Å². The predicted octanol–water partition coefficient (Wildman–Crippen LogP) is 3.30. The Labute approximate surface area is 305 Å². The van der Waals surface area contributed by atoms with Gasteiger partial charge < -0.3 is 35.2 Å². The molecule has 276 valence electrons. The first kappa shape index (κ1) is 38.1. The normalized spacial score (nSPS) is 17.7. The Morgan fingerprint density at radius 3 is 2.35 bits per heavy atom. The third-order valence-electron chi connectivity index (χ3n) is 9.68. The van der Waals surface area contributed by atoms with E-state index < -0.39 is 17.5 Å². The lowest BCUT2D eigenvalue weighted by molar-refractivity contribution is -0.893. The quantitative estimate of drug-likeness (QED) is 0.226. The molecular formula is C36H43ClF2N9O4+. The number of carbonyl (C=O) groups is 4. The molecule has 0 spiro atoms. The summed E-state index contributed by atoms with van der Waals surface area (Å²) < 4.78 is 32.9. The fraction of sp³-hybridized carbons (Fsp3) is 0.389. The van der Waals surface area contributed by atoms with Gasteiger partial charge in [-0.3, -0.25) is 24.2 Å². The summed E-state index contributed by atoms with van der Waals surface area (Å²) in [6, 6.07) is 7.13. The van der Waals surface area contributed by atoms with Crippen molar-refractivity contribution >= 4 is 52.7 Å². The first-order valence-electron chi connectivity index (χ1n) is 16.8. The molecule has 4 N–H and O–H groups in total. The lowest BCUT2D eigenvalue weighted by Crippen LogP contribution is -2.58. The highest BCUT2D eigenvalue weighted by molar-refractivity contribution is 6.34. The summed E-state index contributed by atoms with van der Waals surface area (Å²) in [6.07, 6.45) is 4.35. The van der Waals surface area contributed by atoms with E-state index in [-0.39, 0.29) is 74.8 Å². The molecule has 2 aliphatic rings. The molecule has 1 atom stereocenters. The minimum Gasteiger partial charge on any atom is -0.402 e. The molecule has 52 heavy (non-hydrogen) atoms. The number of piperazine rings is 1. The van der Waals surface area contributed by atoms with Crippen molar-refractivity contribution in [2.75, 3.05) is 65.7 Å². The Bertz CT molecular complexity index is 1960. The van der Waals surface area contributed by atoms with Gasteiger partial charge in [0.05, 0.1) is 43.1 Å². The number of likely N-dealkylation sites (N-methyl/N-ethyl adjacent to an activating group) is 2. The van der Waals surface area contributed by atoms with E-state index >= 15 is 8.78 Å². The average molecular weight is 739 g/mol. The SMILES string of the molecule is CNC(=O)CN=C/C(=C(/C)N)c1ccc(-c2cnc(C(=O)Nc3ccc(C(=O)N4CCN(C(=O)[C@@H]5CCC[N+]5(C)C)CC4)c(Cl)c3)n2C)c(F)c1F. The van der Waals surface area contributed by atoms with Gasteiger partial charge in [-0.1, -0.05) is 17.7 Å². The maximum Gasteiger partial charge on any atom is 0.291 e. The van der Waals surface area contributed by atoms with Crippen LogP contribution in [0.3, 0.4) is 0 Å². The van der Waals surface area contributed by atoms with Gasteiger partial charge in [0.15, 0.2) is 23.5 Å². The number of rotatable bonds is 9. The van der Waals surface area contributed by atoms with Gasteiger partial charge >= 0.3 is 0 Å². The number of imidazole rings is 1. The van der Waals surface area contributed by atoms with Crippen LogP contribution in [0.15, 0.2) is 47.2 Å². The lowest BCUT2D eigenvalue weighted by Gasteiger charge is -2.38. The molecule has 3 heterocycles. The number of amides is 4. The maximum absolute atomic E-state index is 15.5. The Balaban J connectivity index is 1.25. The van der Waals surface area contributed by atoms with Crippen LogP contribution in [-0.2, 0) is 16.6 Å². The maximum atomic E-state index is 15.5. The smallest absolute Gasteiger partial charge is 0.291 e. The zero-order valence-corrected chi connectivity index (χ0v) is 30.6. The minimum absolute atomic E-state index is 0.0563. The number of hydrogen-bond donors (Lipinski definition) is 3. The van der Waals surface area contributed by atoms with Gasteiger partial charge in [0.2, 0.25) is 5.91 Å². The third kappa shape index (κ3) is 7.84. The molecule has 0 radical (unpaired) electrons. The van der Waals surface area contributed by atoms with Gasteiger partial charge in [0, 0.05) is 87.4 Å². The van der Waals surface area contributed by atoms with E-state index in [1.165, 1.54) is 68.3 Å². The minimum atomic E-state index is -1.19. The first-order valence-corrected chi connectivity index (χ1v) is 17.2. The van der Waals surface area contributed by atoms with Crippen molar-refractivity contribution in [2.24, 2.45) is 17.8 Å². The van der Waals surface area contributed by atoms with Gasteiger partial charge in [-0.2, -0.15) is 0 Å². The molecule has 4 amide bonds. The van der Waals surface area contributed by atoms with E-state index in [1.54, 1.807) is 4.90 Å². The van der Waals surface area contributed by atoms with E-state index in [1.807, 2.05) is 4.90 Å². The molecule has 2 aliphatic heterocycles. The number of halogens is 3. The van der Waals surface area contributed by atoms with Gasteiger partial charge in [0.1, 0.15) is 6.54 Å². The summed E-state index contributed by atoms with van der Waals surface area (Å²) in [6.45, 7) is 3.90. The number of nitrogens with two attached hydrogens (primary N) is 1. The zero-order chi connectivity index (χ0) is 37.9. The van der Waals surface area contributed by atoms with Crippen LogP contribution in [0.5, 0.6) is 0 Å². The first-order chi connectivity index (χ1) is 24.6. The number of likely N-dealkylation sites (tertiary alicyclic amines) is 1. The van der Waals surface area contributed by atoms with Gasteiger partial charge in [-0.05, 0) is 31.2 Å². The number of nitrogens with zero attached hydrogens (tertiary/aromatic N) is 6. The molecule has 13 nitrogen and oxygen atoms in total. The number of hydrogen-bond acceptors (Lipinski definition) is 7. The molecule has 2 fully saturated rings. The van der Waals surface area contributed by atoms with Crippen LogP contribution in [0.1, 0.15) is 46.3 Å². The van der Waals surface area contributed by atoms with Crippen molar-refractivity contribution in [1.29, 1.82) is 0 Å². The second-order valence-corrected chi connectivity index (χ2v) is 13.9. The summed E-state index contributed by atoms with van der Waals surface area (Å²) in [4.78, 5) is 62.9. The van der Waals surface area contributed by atoms with E-state index in [0.717, 1.165) is 19.4 Å². The van der Waals surface area contributed by atoms with Crippen molar-refractivity contribution in [3.8, 4) is 11.3 Å². The molecule has 0 aliphatic carbocycles. The summed E-state index contributed by atoms with van der Waals surface area (Å²) in [5.74, 6) is -3.64. The number of carbonyl (C=O) groups excluding carboxylic acids is 4. The van der Waals surface area contributed by atoms with Gasteiger partial charge in [-0.25, -0.2) is 13.8 Å². The van der Waals surface area contributed by atoms with Crippen LogP contribution >= 0.6 is 11.6 Å². The molecule has 0 saturated carbocycles. The average Bonchev–Trinajstić information content (AvgIpc) is 3.68. The zero-order valence-electron chi connectivity index (χ0n) is 29.8. The molecule has 2 saturated heterocycles. The number of aliphatic imine (C=N–C) groups is 1. The highest BCUT2D eigenvalue weighted by Crippen LogP contribution is 2.31. The Morgan fingerprint density at radius 2 is 1.73 bits per heavy atom. The molecule has 2 aromatic carbocycles. The Morgan fingerprint density at radius 1 is 1.06 bits per heavy atom. The van der Waals surface area contributed by atoms with E-state index in [0.29, 0.717) is 36.3 Å². The van der Waals surface area contributed by atoms with E-state index in [2.05, 4.69) is 34.7 Å². The fourth-order valence-corrected chi connectivity index (χ4v) is 6.85. The van der Waals surface area contributed by atoms with Crippen molar-refractivity contribution in [2.45, 2.75) is 25.8 Å². The van der Waals surface area contributed by atoms with Crippen LogP contribution in [0.4, 0.5) is 14.5 Å². The summed E-state index contributed by atoms with van der Waals surface area (Å²) in [7, 11) is 7.10. The predicted molar refractivity (Wildman–Crippen MR) is 195 cm³/mol. The topological polar surface area (TPSA) is 155 Å². The highest BCUT2D eigenvalue weighted by atomic mass is 35.5. The molecule has 16 heteroatoms. The standard InChI is InChI=1S/C36H42ClF2N9O4/c1-21(40)26(18-42-20-30(49)41-2)23-10-11-25(32(39)31(23)38)28-19-43-33(45(28)3)34(50)44-22-8-9-24(27(37)17-22)35(51)46-12-14-47(15-13-46)36(52)29-7-6-16-48(29,4)5/h8-11,17-19,29H,6-7,12-16,20H2,1-5H3,(H3-,40,41,42,44,49,50,51)/p+1/t29-/m0/s1. The number of nitrogens with one attached hydrogen (secondary N) is 2. The number of quaternary nitrogens is 1. The number of aromatic nitrogens is 2. The number of anilines is 1. The van der Waals surface area contributed by atoms with Crippen molar-refractivity contribution in [3.63, 3.8) is 0 Å².